The molecule has 6 nitrogen and oxygen atoms in total. The predicted molar refractivity (Wildman–Crippen MR) is 86.4 cm³/mol. The Kier molecular flexibility index (Phi) is 7.41. The number of methoxy groups -OCH3 is 1. The maximum Gasteiger partial charge on any atom is 0.339 e. The van der Waals surface area contributed by atoms with Crippen LogP contribution in [0, 0.1) is 5.92 Å². The molecule has 1 atom stereocenters. The van der Waals surface area contributed by atoms with Crippen LogP contribution in [-0.2, 0) is 19.1 Å². The third-order valence-corrected chi connectivity index (χ3v) is 3.28. The summed E-state index contributed by atoms with van der Waals surface area (Å²) in [5, 5.41) is 0.0832. The van der Waals surface area contributed by atoms with Crippen molar-refractivity contribution >= 4 is 41.2 Å². The van der Waals surface area contributed by atoms with E-state index >= 15 is 0 Å². The van der Waals surface area contributed by atoms with E-state index in [1.54, 1.807) is 12.1 Å². The Labute approximate surface area is 139 Å². The summed E-state index contributed by atoms with van der Waals surface area (Å²) < 4.78 is 9.57. The van der Waals surface area contributed by atoms with Crippen LogP contribution in [0.25, 0.3) is 0 Å². The number of esters is 2. The summed E-state index contributed by atoms with van der Waals surface area (Å²) >= 11 is 6.09. The lowest BCUT2D eigenvalue weighted by Gasteiger charge is -2.09. The fraction of sp³-hybridized carbons (Fsp3) is 0.375. The molecule has 0 N–H and O–H groups in total. The van der Waals surface area contributed by atoms with Crippen molar-refractivity contribution in [3.8, 4) is 0 Å². The van der Waals surface area contributed by atoms with E-state index in [1.165, 1.54) is 26.3 Å². The van der Waals surface area contributed by atoms with E-state index in [1.807, 2.05) is 6.92 Å². The summed E-state index contributed by atoms with van der Waals surface area (Å²) in [6.07, 6.45) is 1.82. The summed E-state index contributed by atoms with van der Waals surface area (Å²) in [6, 6.07) is 4.62. The molecule has 0 spiro atoms. The van der Waals surface area contributed by atoms with Crippen molar-refractivity contribution in [3.05, 3.63) is 28.8 Å². The van der Waals surface area contributed by atoms with Gasteiger partial charge in [0.2, 0.25) is 0 Å². The largest absolute Gasteiger partial charge is 0.465 e. The molecule has 23 heavy (non-hydrogen) atoms. The molecule has 0 saturated heterocycles. The SMILES string of the molecule is CCCOC(=O)C(C=Nc1cccc(C(=O)OC)c1Cl)C(C)=O. The molecule has 0 amide bonds. The van der Waals surface area contributed by atoms with Crippen LogP contribution in [0.1, 0.15) is 30.6 Å². The van der Waals surface area contributed by atoms with Crippen LogP contribution in [-0.4, -0.2) is 37.7 Å². The van der Waals surface area contributed by atoms with Crippen molar-refractivity contribution in [2.45, 2.75) is 20.3 Å². The van der Waals surface area contributed by atoms with Gasteiger partial charge in [0.05, 0.1) is 30.0 Å². The zero-order chi connectivity index (χ0) is 17.4. The van der Waals surface area contributed by atoms with Crippen LogP contribution in [0.5, 0.6) is 0 Å². The van der Waals surface area contributed by atoms with E-state index in [4.69, 9.17) is 16.3 Å². The highest BCUT2D eigenvalue weighted by atomic mass is 35.5. The first kappa shape index (κ1) is 18.8. The lowest BCUT2D eigenvalue weighted by Crippen LogP contribution is -2.25. The number of nitrogens with zero attached hydrogens (tertiary/aromatic N) is 1. The smallest absolute Gasteiger partial charge is 0.339 e. The fourth-order valence-electron chi connectivity index (χ4n) is 1.67. The standard InChI is InChI=1S/C16H18ClNO5/c1-4-8-23-16(21)12(10(2)19)9-18-13-7-5-6-11(14(13)17)15(20)22-3/h5-7,9,12H,4,8H2,1-3H3. The molecule has 0 aliphatic carbocycles. The average molecular weight is 340 g/mol. The summed E-state index contributed by atoms with van der Waals surface area (Å²) in [5.41, 5.74) is 0.404. The molecule has 0 aliphatic heterocycles. The minimum atomic E-state index is -1.11. The Morgan fingerprint density at radius 2 is 2.04 bits per heavy atom. The zero-order valence-corrected chi connectivity index (χ0v) is 13.9. The molecule has 0 heterocycles. The summed E-state index contributed by atoms with van der Waals surface area (Å²) in [5.74, 6) is -2.77. The molecule has 0 bridgehead atoms. The van der Waals surface area contributed by atoms with Crippen LogP contribution in [0.3, 0.4) is 0 Å². The second kappa shape index (κ2) is 9.05. The normalized spacial score (nSPS) is 12.0. The van der Waals surface area contributed by atoms with Crippen molar-refractivity contribution in [1.82, 2.24) is 0 Å². The Bertz CT molecular complexity index is 627. The van der Waals surface area contributed by atoms with Crippen LogP contribution in [0.15, 0.2) is 23.2 Å². The maximum atomic E-state index is 11.8. The lowest BCUT2D eigenvalue weighted by molar-refractivity contribution is -0.148. The number of carbonyl (C=O) groups is 3. The van der Waals surface area contributed by atoms with E-state index in [0.717, 1.165) is 0 Å². The van der Waals surface area contributed by atoms with E-state index in [-0.39, 0.29) is 22.9 Å². The number of ketones is 1. The Hall–Kier alpha value is -2.21. The third-order valence-electron chi connectivity index (χ3n) is 2.89. The summed E-state index contributed by atoms with van der Waals surface area (Å²) in [7, 11) is 1.24. The van der Waals surface area contributed by atoms with Gasteiger partial charge < -0.3 is 9.47 Å². The maximum absolute atomic E-state index is 11.8. The van der Waals surface area contributed by atoms with E-state index in [2.05, 4.69) is 9.73 Å². The molecule has 1 aromatic rings. The van der Waals surface area contributed by atoms with Crippen LogP contribution in [0.4, 0.5) is 5.69 Å². The van der Waals surface area contributed by atoms with Gasteiger partial charge in [-0.3, -0.25) is 14.6 Å². The molecule has 7 heteroatoms. The first-order valence-electron chi connectivity index (χ1n) is 7.00. The second-order valence-corrected chi connectivity index (χ2v) is 5.04. The average Bonchev–Trinajstić information content (AvgIpc) is 2.53. The molecule has 1 aromatic carbocycles. The number of Topliss-reactive ketones (excluding diaryl/α,β-unsaturated/α-hetero) is 1. The number of ether oxygens (including phenoxy) is 2. The number of hydrogen-bond donors (Lipinski definition) is 0. The number of halogens is 1. The highest BCUT2D eigenvalue weighted by Crippen LogP contribution is 2.28. The number of aliphatic imine (C=N–C) groups is 1. The van der Waals surface area contributed by atoms with Crippen molar-refractivity contribution in [3.63, 3.8) is 0 Å². The number of hydrogen-bond acceptors (Lipinski definition) is 6. The number of carbonyl (C=O) groups excluding carboxylic acids is 3. The Balaban J connectivity index is 3.03. The highest BCUT2D eigenvalue weighted by molar-refractivity contribution is 6.36. The van der Waals surface area contributed by atoms with E-state index in [0.29, 0.717) is 6.42 Å². The van der Waals surface area contributed by atoms with Gasteiger partial charge in [0, 0.05) is 6.21 Å². The van der Waals surface area contributed by atoms with Crippen molar-refractivity contribution in [2.24, 2.45) is 10.9 Å². The van der Waals surface area contributed by atoms with E-state index < -0.39 is 23.6 Å². The molecule has 0 aromatic heterocycles. The molecule has 0 aliphatic rings. The Morgan fingerprint density at radius 3 is 2.61 bits per heavy atom. The Morgan fingerprint density at radius 1 is 1.35 bits per heavy atom. The molecule has 0 fully saturated rings. The molecule has 0 radical (unpaired) electrons. The van der Waals surface area contributed by atoms with E-state index in [9.17, 15) is 14.4 Å². The number of rotatable bonds is 7. The number of benzene rings is 1. The monoisotopic (exact) mass is 339 g/mol. The molecule has 124 valence electrons. The van der Waals surface area contributed by atoms with Gasteiger partial charge in [-0.2, -0.15) is 0 Å². The van der Waals surface area contributed by atoms with Gasteiger partial charge in [-0.15, -0.1) is 0 Å². The fourth-order valence-corrected chi connectivity index (χ4v) is 1.92. The van der Waals surface area contributed by atoms with Gasteiger partial charge in [0.15, 0.2) is 5.92 Å². The van der Waals surface area contributed by atoms with Gasteiger partial charge in [0.25, 0.3) is 0 Å². The summed E-state index contributed by atoms with van der Waals surface area (Å²) in [6.45, 7) is 3.35. The predicted octanol–water partition coefficient (Wildman–Crippen LogP) is 2.99. The van der Waals surface area contributed by atoms with Crippen LogP contribution in [0.2, 0.25) is 5.02 Å². The molecule has 1 unspecified atom stereocenters. The van der Waals surface area contributed by atoms with Gasteiger partial charge in [-0.1, -0.05) is 24.6 Å². The van der Waals surface area contributed by atoms with Crippen LogP contribution < -0.4 is 0 Å². The second-order valence-electron chi connectivity index (χ2n) is 4.66. The molecule has 0 saturated carbocycles. The van der Waals surface area contributed by atoms with Crippen molar-refractivity contribution in [2.75, 3.05) is 13.7 Å². The van der Waals surface area contributed by atoms with Crippen molar-refractivity contribution in [1.29, 1.82) is 0 Å². The third kappa shape index (κ3) is 5.17. The minimum Gasteiger partial charge on any atom is -0.465 e. The van der Waals surface area contributed by atoms with Gasteiger partial charge in [-0.05, 0) is 25.5 Å². The molecular weight excluding hydrogens is 322 g/mol. The van der Waals surface area contributed by atoms with Gasteiger partial charge in [0.1, 0.15) is 5.78 Å². The first-order chi connectivity index (χ1) is 10.9. The summed E-state index contributed by atoms with van der Waals surface area (Å²) in [4.78, 5) is 39.0. The van der Waals surface area contributed by atoms with Gasteiger partial charge in [-0.25, -0.2) is 4.79 Å². The molecule has 1 rings (SSSR count). The van der Waals surface area contributed by atoms with Gasteiger partial charge >= 0.3 is 11.9 Å². The van der Waals surface area contributed by atoms with Crippen molar-refractivity contribution < 1.29 is 23.9 Å². The minimum absolute atomic E-state index is 0.0832. The quantitative estimate of drug-likeness (QED) is 0.433. The topological polar surface area (TPSA) is 82.0 Å². The highest BCUT2D eigenvalue weighted by Gasteiger charge is 2.23. The lowest BCUT2D eigenvalue weighted by atomic mass is 10.1. The zero-order valence-electron chi connectivity index (χ0n) is 13.2. The first-order valence-corrected chi connectivity index (χ1v) is 7.38. The van der Waals surface area contributed by atoms with Crippen LogP contribution >= 0.6 is 11.6 Å². The molecular formula is C16H18ClNO5.